The Balaban J connectivity index is 1.60. The van der Waals surface area contributed by atoms with Crippen LogP contribution in [0, 0.1) is 0 Å². The van der Waals surface area contributed by atoms with Crippen LogP contribution in [-0.2, 0) is 0 Å². The fourth-order valence-corrected chi connectivity index (χ4v) is 4.10. The molecule has 0 saturated carbocycles. The molecule has 0 amide bonds. The Labute approximate surface area is 217 Å². The molecule has 0 radical (unpaired) electrons. The van der Waals surface area contributed by atoms with E-state index < -0.39 is 5.69 Å². The van der Waals surface area contributed by atoms with Crippen LogP contribution in [0.25, 0.3) is 16.7 Å². The number of anilines is 3. The third-order valence-corrected chi connectivity index (χ3v) is 5.88. The molecule has 0 aliphatic rings. The van der Waals surface area contributed by atoms with Gasteiger partial charge in [0.15, 0.2) is 17.1 Å². The maximum absolute atomic E-state index is 12.8. The normalized spacial score (nSPS) is 11.2. The fraction of sp³-hybridized carbons (Fsp3) is 0.250. The molecular formula is C24H25Cl2N7O3. The number of hydrogen-bond donors (Lipinski definition) is 2. The Kier molecular flexibility index (Phi) is 7.78. The number of nitrogens with zero attached hydrogens (tertiary/aromatic N) is 5. The summed E-state index contributed by atoms with van der Waals surface area (Å²) >= 11 is 12.5. The highest BCUT2D eigenvalue weighted by atomic mass is 35.5. The molecule has 12 heteroatoms. The maximum Gasteiger partial charge on any atom is 0.355 e. The van der Waals surface area contributed by atoms with Gasteiger partial charge in [-0.05, 0) is 44.8 Å². The van der Waals surface area contributed by atoms with Crippen LogP contribution < -0.4 is 26.2 Å². The second-order valence-electron chi connectivity index (χ2n) is 8.11. The lowest BCUT2D eigenvalue weighted by Gasteiger charge is -2.15. The number of fused-ring (bicyclic) bond motifs is 1. The van der Waals surface area contributed by atoms with Crippen molar-refractivity contribution in [1.82, 2.24) is 24.4 Å². The quantitative estimate of drug-likeness (QED) is 0.308. The number of nitrogens with one attached hydrogen (secondary N) is 1. The Bertz CT molecular complexity index is 1440. The minimum atomic E-state index is -0.669. The smallest absolute Gasteiger partial charge is 0.355 e. The second-order valence-corrected chi connectivity index (χ2v) is 8.93. The molecule has 0 aliphatic carbocycles. The average Bonchev–Trinajstić information content (AvgIpc) is 2.83. The molecule has 0 atom stereocenters. The van der Waals surface area contributed by atoms with E-state index in [1.807, 2.05) is 20.2 Å². The fourth-order valence-electron chi connectivity index (χ4n) is 3.54. The first-order valence-corrected chi connectivity index (χ1v) is 11.8. The predicted molar refractivity (Wildman–Crippen MR) is 142 cm³/mol. The Morgan fingerprint density at radius 3 is 2.56 bits per heavy atom. The van der Waals surface area contributed by atoms with E-state index in [1.165, 1.54) is 6.20 Å². The lowest BCUT2D eigenvalue weighted by Crippen LogP contribution is -2.25. The number of halogens is 2. The topological polar surface area (TPSA) is 120 Å². The molecule has 4 aromatic rings. The molecule has 0 aliphatic heterocycles. The van der Waals surface area contributed by atoms with Crippen LogP contribution >= 0.6 is 23.2 Å². The standard InChI is InChI=1S/C24H25Cl2N7O3/c1-32(2)10-5-11-36-18-9-8-14(12-19(18)35-3)29-23-28-13-15-21(27)33(24(34)31-22(15)30-23)20-16(25)6-4-7-17(20)26/h4,6-9,12-13H,5,10-11,27H2,1-3H3,(H,29,30,31,34). The van der Waals surface area contributed by atoms with Crippen molar-refractivity contribution < 1.29 is 9.47 Å². The van der Waals surface area contributed by atoms with E-state index in [2.05, 4.69) is 25.2 Å². The van der Waals surface area contributed by atoms with Gasteiger partial charge in [-0.1, -0.05) is 29.3 Å². The van der Waals surface area contributed by atoms with Gasteiger partial charge < -0.3 is 25.4 Å². The second kappa shape index (κ2) is 11.0. The molecule has 4 rings (SSSR count). The number of hydrogen-bond acceptors (Lipinski definition) is 9. The molecular weight excluding hydrogens is 505 g/mol. The molecule has 2 aromatic carbocycles. The number of nitrogens with two attached hydrogens (primary N) is 1. The van der Waals surface area contributed by atoms with E-state index in [0.29, 0.717) is 29.2 Å². The van der Waals surface area contributed by atoms with Crippen molar-refractivity contribution in [2.24, 2.45) is 0 Å². The van der Waals surface area contributed by atoms with Crippen LogP contribution in [0.2, 0.25) is 10.0 Å². The van der Waals surface area contributed by atoms with Gasteiger partial charge in [-0.3, -0.25) is 0 Å². The van der Waals surface area contributed by atoms with E-state index in [4.69, 9.17) is 38.4 Å². The maximum atomic E-state index is 12.8. The molecule has 0 bridgehead atoms. The van der Waals surface area contributed by atoms with E-state index in [1.54, 1.807) is 37.4 Å². The predicted octanol–water partition coefficient (Wildman–Crippen LogP) is 4.15. The zero-order chi connectivity index (χ0) is 25.8. The summed E-state index contributed by atoms with van der Waals surface area (Å²) in [6.07, 6.45) is 2.37. The van der Waals surface area contributed by atoms with E-state index in [9.17, 15) is 4.79 Å². The van der Waals surface area contributed by atoms with Crippen molar-refractivity contribution in [3.63, 3.8) is 0 Å². The van der Waals surface area contributed by atoms with Crippen LogP contribution in [0.5, 0.6) is 11.5 Å². The van der Waals surface area contributed by atoms with Crippen molar-refractivity contribution in [3.05, 3.63) is 63.1 Å². The molecule has 2 heterocycles. The third kappa shape index (κ3) is 5.46. The lowest BCUT2D eigenvalue weighted by molar-refractivity contribution is 0.268. The lowest BCUT2D eigenvalue weighted by atomic mass is 10.2. The molecule has 2 aromatic heterocycles. The third-order valence-electron chi connectivity index (χ3n) is 5.27. The van der Waals surface area contributed by atoms with Crippen molar-refractivity contribution in [1.29, 1.82) is 0 Å². The van der Waals surface area contributed by atoms with Crippen LogP contribution in [0.15, 0.2) is 47.4 Å². The molecule has 188 valence electrons. The number of ether oxygens (including phenoxy) is 2. The Morgan fingerprint density at radius 1 is 1.11 bits per heavy atom. The van der Waals surface area contributed by atoms with Crippen LogP contribution in [0.1, 0.15) is 6.42 Å². The van der Waals surface area contributed by atoms with E-state index >= 15 is 0 Å². The van der Waals surface area contributed by atoms with Gasteiger partial charge in [0.25, 0.3) is 0 Å². The van der Waals surface area contributed by atoms with Crippen molar-refractivity contribution in [3.8, 4) is 17.2 Å². The van der Waals surface area contributed by atoms with Crippen molar-refractivity contribution in [2.45, 2.75) is 6.42 Å². The minimum absolute atomic E-state index is 0.0731. The van der Waals surface area contributed by atoms with Gasteiger partial charge in [0.2, 0.25) is 5.95 Å². The molecule has 3 N–H and O–H groups in total. The molecule has 0 fully saturated rings. The molecule has 0 unspecified atom stereocenters. The zero-order valence-corrected chi connectivity index (χ0v) is 21.5. The SMILES string of the molecule is COc1cc(Nc2ncc3c(N)n(-c4c(Cl)cccc4Cl)c(=O)nc3n2)ccc1OCCCN(C)C. The van der Waals surface area contributed by atoms with Crippen LogP contribution in [-0.4, -0.2) is 58.8 Å². The molecule has 36 heavy (non-hydrogen) atoms. The summed E-state index contributed by atoms with van der Waals surface area (Å²) in [5.74, 6) is 1.50. The summed E-state index contributed by atoms with van der Waals surface area (Å²) in [6.45, 7) is 1.50. The first-order valence-electron chi connectivity index (χ1n) is 11.0. The van der Waals surface area contributed by atoms with Gasteiger partial charge in [0, 0.05) is 24.5 Å². The molecule has 0 saturated heterocycles. The number of nitrogen functional groups attached to an aromatic ring is 1. The van der Waals surface area contributed by atoms with Crippen LogP contribution in [0.3, 0.4) is 0 Å². The summed E-state index contributed by atoms with van der Waals surface area (Å²) in [5.41, 5.74) is 6.65. The largest absolute Gasteiger partial charge is 0.493 e. The minimum Gasteiger partial charge on any atom is -0.493 e. The first-order chi connectivity index (χ1) is 17.3. The summed E-state index contributed by atoms with van der Waals surface area (Å²) in [4.78, 5) is 27.7. The number of methoxy groups -OCH3 is 1. The van der Waals surface area contributed by atoms with Crippen molar-refractivity contribution >= 4 is 51.7 Å². The van der Waals surface area contributed by atoms with Gasteiger partial charge in [-0.15, -0.1) is 0 Å². The van der Waals surface area contributed by atoms with Crippen LogP contribution in [0.4, 0.5) is 17.5 Å². The highest BCUT2D eigenvalue weighted by molar-refractivity contribution is 6.37. The van der Waals surface area contributed by atoms with Gasteiger partial charge in [0.05, 0.1) is 34.8 Å². The van der Waals surface area contributed by atoms with Gasteiger partial charge in [-0.2, -0.15) is 9.97 Å². The molecule has 0 spiro atoms. The number of rotatable bonds is 9. The van der Waals surface area contributed by atoms with Gasteiger partial charge in [-0.25, -0.2) is 14.3 Å². The van der Waals surface area contributed by atoms with E-state index in [0.717, 1.165) is 17.5 Å². The Hall–Kier alpha value is -3.60. The summed E-state index contributed by atoms with van der Waals surface area (Å²) in [5, 5.41) is 3.98. The highest BCUT2D eigenvalue weighted by Crippen LogP contribution is 2.32. The van der Waals surface area contributed by atoms with Gasteiger partial charge in [0.1, 0.15) is 5.82 Å². The monoisotopic (exact) mass is 529 g/mol. The number of para-hydroxylation sites is 1. The first kappa shape index (κ1) is 25.5. The summed E-state index contributed by atoms with van der Waals surface area (Å²) in [6, 6.07) is 10.3. The highest BCUT2D eigenvalue weighted by Gasteiger charge is 2.17. The summed E-state index contributed by atoms with van der Waals surface area (Å²) < 4.78 is 12.5. The zero-order valence-electron chi connectivity index (χ0n) is 20.0. The van der Waals surface area contributed by atoms with Gasteiger partial charge >= 0.3 is 5.69 Å². The number of benzene rings is 2. The number of aromatic nitrogens is 4. The average molecular weight is 530 g/mol. The van der Waals surface area contributed by atoms with E-state index in [-0.39, 0.29) is 33.1 Å². The van der Waals surface area contributed by atoms with Crippen molar-refractivity contribution in [2.75, 3.05) is 45.4 Å². The molecule has 10 nitrogen and oxygen atoms in total. The Morgan fingerprint density at radius 2 is 1.86 bits per heavy atom. The summed E-state index contributed by atoms with van der Waals surface area (Å²) in [7, 11) is 5.61.